The van der Waals surface area contributed by atoms with Gasteiger partial charge >= 0.3 is 5.97 Å². The van der Waals surface area contributed by atoms with E-state index in [-0.39, 0.29) is 5.97 Å². The Morgan fingerprint density at radius 1 is 1.04 bits per heavy atom. The Kier molecular flexibility index (Phi) is 6.42. The topological polar surface area (TPSA) is 42.1 Å². The van der Waals surface area contributed by atoms with Gasteiger partial charge in [0.1, 0.15) is 11.1 Å². The van der Waals surface area contributed by atoms with Gasteiger partial charge < -0.3 is 9.72 Å². The van der Waals surface area contributed by atoms with Gasteiger partial charge in [0.15, 0.2) is 5.69 Å². The SMILES string of the molecule is CCC[N+](CC)(CCC)c1c[nH]c2cccc(OC(=O)c3ccc(Cl)cc3)c12. The molecule has 0 aliphatic heterocycles. The highest BCUT2D eigenvalue weighted by Gasteiger charge is 2.31. The number of carbonyl (C=O) groups is 1. The molecule has 5 heteroatoms. The first-order valence-corrected chi connectivity index (χ1v) is 10.4. The molecule has 0 radical (unpaired) electrons. The average molecular weight is 400 g/mol. The van der Waals surface area contributed by atoms with Gasteiger partial charge in [0.2, 0.25) is 0 Å². The first-order valence-electron chi connectivity index (χ1n) is 9.99. The number of H-pyrrole nitrogens is 1. The maximum absolute atomic E-state index is 12.7. The molecule has 28 heavy (non-hydrogen) atoms. The van der Waals surface area contributed by atoms with Gasteiger partial charge in [0.25, 0.3) is 0 Å². The molecule has 0 fully saturated rings. The monoisotopic (exact) mass is 399 g/mol. The van der Waals surface area contributed by atoms with Crippen LogP contribution in [0.4, 0.5) is 5.69 Å². The summed E-state index contributed by atoms with van der Waals surface area (Å²) in [6, 6.07) is 12.6. The van der Waals surface area contributed by atoms with Crippen LogP contribution >= 0.6 is 11.6 Å². The van der Waals surface area contributed by atoms with Crippen LogP contribution in [0.15, 0.2) is 48.7 Å². The zero-order valence-electron chi connectivity index (χ0n) is 16.8. The molecule has 1 aromatic heterocycles. The van der Waals surface area contributed by atoms with Crippen LogP contribution in [0.5, 0.6) is 5.75 Å². The number of nitrogens with zero attached hydrogens (tertiary/aromatic N) is 1. The molecule has 0 saturated carbocycles. The molecule has 0 spiro atoms. The first-order chi connectivity index (χ1) is 13.5. The summed E-state index contributed by atoms with van der Waals surface area (Å²) in [6.07, 6.45) is 4.26. The zero-order chi connectivity index (χ0) is 20.1. The zero-order valence-corrected chi connectivity index (χ0v) is 17.6. The van der Waals surface area contributed by atoms with E-state index >= 15 is 0 Å². The van der Waals surface area contributed by atoms with Crippen molar-refractivity contribution in [1.29, 1.82) is 0 Å². The first kappa shape index (κ1) is 20.4. The van der Waals surface area contributed by atoms with Crippen LogP contribution in [-0.2, 0) is 0 Å². The minimum Gasteiger partial charge on any atom is -0.422 e. The van der Waals surface area contributed by atoms with E-state index in [1.165, 1.54) is 5.69 Å². The molecular weight excluding hydrogens is 372 g/mol. The summed E-state index contributed by atoms with van der Waals surface area (Å²) in [4.78, 5) is 16.1. The maximum Gasteiger partial charge on any atom is 0.343 e. The molecule has 4 nitrogen and oxygen atoms in total. The lowest BCUT2D eigenvalue weighted by atomic mass is 10.1. The number of hydrogen-bond donors (Lipinski definition) is 1. The second-order valence-corrected chi connectivity index (χ2v) is 7.59. The van der Waals surface area contributed by atoms with Gasteiger partial charge in [-0.3, -0.25) is 4.48 Å². The third kappa shape index (κ3) is 3.94. The summed E-state index contributed by atoms with van der Waals surface area (Å²) < 4.78 is 6.71. The van der Waals surface area contributed by atoms with Gasteiger partial charge in [-0.25, -0.2) is 4.79 Å². The fraction of sp³-hybridized carbons (Fsp3) is 0.348. The van der Waals surface area contributed by atoms with Crippen LogP contribution in [0.3, 0.4) is 0 Å². The van der Waals surface area contributed by atoms with Crippen LogP contribution in [0.25, 0.3) is 10.9 Å². The van der Waals surface area contributed by atoms with Gasteiger partial charge in [-0.05, 0) is 56.2 Å². The third-order valence-electron chi connectivity index (χ3n) is 5.35. The number of ether oxygens (including phenoxy) is 1. The fourth-order valence-corrected chi connectivity index (χ4v) is 4.16. The molecular formula is C23H28ClN2O2+. The van der Waals surface area contributed by atoms with Crippen molar-refractivity contribution in [2.75, 3.05) is 19.6 Å². The van der Waals surface area contributed by atoms with Crippen molar-refractivity contribution in [3.05, 3.63) is 59.2 Å². The van der Waals surface area contributed by atoms with Crippen molar-refractivity contribution < 1.29 is 9.53 Å². The van der Waals surface area contributed by atoms with Crippen LogP contribution < -0.4 is 9.22 Å². The van der Waals surface area contributed by atoms with Crippen molar-refractivity contribution in [1.82, 2.24) is 9.47 Å². The molecule has 0 unspecified atom stereocenters. The maximum atomic E-state index is 12.7. The second-order valence-electron chi connectivity index (χ2n) is 7.16. The molecule has 148 valence electrons. The molecule has 0 aliphatic rings. The van der Waals surface area contributed by atoms with Gasteiger partial charge in [-0.1, -0.05) is 31.5 Å². The van der Waals surface area contributed by atoms with Crippen molar-refractivity contribution in [3.8, 4) is 5.75 Å². The number of aromatic amines is 1. The van der Waals surface area contributed by atoms with Crippen molar-refractivity contribution in [2.45, 2.75) is 33.6 Å². The smallest absolute Gasteiger partial charge is 0.343 e. The third-order valence-corrected chi connectivity index (χ3v) is 5.60. The Labute approximate surface area is 171 Å². The van der Waals surface area contributed by atoms with E-state index in [1.54, 1.807) is 24.3 Å². The molecule has 0 aliphatic carbocycles. The van der Waals surface area contributed by atoms with Crippen LogP contribution in [-0.4, -0.2) is 30.6 Å². The molecule has 1 heterocycles. The van der Waals surface area contributed by atoms with Crippen molar-refractivity contribution in [3.63, 3.8) is 0 Å². The summed E-state index contributed by atoms with van der Waals surface area (Å²) in [5.74, 6) is 0.216. The number of nitrogens with one attached hydrogen (secondary N) is 1. The van der Waals surface area contributed by atoms with E-state index in [0.717, 1.165) is 47.9 Å². The van der Waals surface area contributed by atoms with E-state index in [0.29, 0.717) is 16.3 Å². The lowest BCUT2D eigenvalue weighted by Crippen LogP contribution is -2.50. The summed E-state index contributed by atoms with van der Waals surface area (Å²) in [5.41, 5.74) is 2.66. The van der Waals surface area contributed by atoms with Crippen LogP contribution in [0.1, 0.15) is 44.0 Å². The number of fused-ring (bicyclic) bond motifs is 1. The lowest BCUT2D eigenvalue weighted by Gasteiger charge is -2.36. The molecule has 0 saturated heterocycles. The van der Waals surface area contributed by atoms with Crippen molar-refractivity contribution in [2.24, 2.45) is 0 Å². The predicted molar refractivity (Wildman–Crippen MR) is 117 cm³/mol. The number of esters is 1. The van der Waals surface area contributed by atoms with Gasteiger partial charge in [-0.2, -0.15) is 0 Å². The van der Waals surface area contributed by atoms with E-state index < -0.39 is 0 Å². The van der Waals surface area contributed by atoms with E-state index in [2.05, 4.69) is 32.0 Å². The number of rotatable bonds is 8. The molecule has 0 bridgehead atoms. The summed E-state index contributed by atoms with van der Waals surface area (Å²) in [5, 5.41) is 1.59. The molecule has 2 aromatic carbocycles. The summed E-state index contributed by atoms with van der Waals surface area (Å²) in [7, 11) is 0. The summed E-state index contributed by atoms with van der Waals surface area (Å²) >= 11 is 5.93. The van der Waals surface area contributed by atoms with E-state index in [1.807, 2.05) is 18.2 Å². The highest BCUT2D eigenvalue weighted by molar-refractivity contribution is 6.30. The minimum absolute atomic E-state index is 0.378. The van der Waals surface area contributed by atoms with Crippen molar-refractivity contribution >= 4 is 34.2 Å². The van der Waals surface area contributed by atoms with E-state index in [9.17, 15) is 4.79 Å². The number of benzene rings is 2. The molecule has 0 atom stereocenters. The largest absolute Gasteiger partial charge is 0.422 e. The number of carbonyl (C=O) groups excluding carboxylic acids is 1. The lowest BCUT2D eigenvalue weighted by molar-refractivity contribution is 0.0737. The molecule has 0 amide bonds. The number of quaternary nitrogens is 1. The van der Waals surface area contributed by atoms with E-state index in [4.69, 9.17) is 16.3 Å². The highest BCUT2D eigenvalue weighted by atomic mass is 35.5. The normalized spacial score (nSPS) is 11.7. The summed E-state index contributed by atoms with van der Waals surface area (Å²) in [6.45, 7) is 9.76. The van der Waals surface area contributed by atoms with Crippen LogP contribution in [0.2, 0.25) is 5.02 Å². The Morgan fingerprint density at radius 3 is 2.32 bits per heavy atom. The number of hydrogen-bond acceptors (Lipinski definition) is 2. The molecule has 1 N–H and O–H groups in total. The number of aromatic nitrogens is 1. The standard InChI is InChI=1S/C23H28ClN2O2/c1-4-14-26(6-3,15-5-2)20-16-25-19-8-7-9-21(22(19)20)28-23(27)17-10-12-18(24)13-11-17/h7-13,16,25H,4-6,14-15H2,1-3H3/q+1. The minimum atomic E-state index is -0.378. The Hall–Kier alpha value is -2.30. The highest BCUT2D eigenvalue weighted by Crippen LogP contribution is 2.39. The van der Waals surface area contributed by atoms with Gasteiger partial charge in [0, 0.05) is 5.02 Å². The molecule has 3 rings (SSSR count). The average Bonchev–Trinajstić information content (AvgIpc) is 3.14. The fourth-order valence-electron chi connectivity index (χ4n) is 4.03. The van der Waals surface area contributed by atoms with Gasteiger partial charge in [0.05, 0.1) is 36.9 Å². The Balaban J connectivity index is 2.05. The Morgan fingerprint density at radius 2 is 1.71 bits per heavy atom. The predicted octanol–water partition coefficient (Wildman–Crippen LogP) is 6.19. The van der Waals surface area contributed by atoms with Crippen LogP contribution in [0, 0.1) is 0 Å². The second kappa shape index (κ2) is 8.80. The quantitative estimate of drug-likeness (QED) is 0.279. The van der Waals surface area contributed by atoms with Gasteiger partial charge in [-0.15, -0.1) is 0 Å². The Bertz CT molecular complexity index is 941. The molecule has 3 aromatic rings. The number of halogens is 1.